The minimum Gasteiger partial charge on any atom is -0.494 e. The molecule has 0 aliphatic carbocycles. The van der Waals surface area contributed by atoms with Crippen molar-refractivity contribution in [2.45, 2.75) is 53.1 Å². The van der Waals surface area contributed by atoms with Crippen LogP contribution in [-0.2, 0) is 18.5 Å². The van der Waals surface area contributed by atoms with Gasteiger partial charge in [-0.05, 0) is 19.9 Å². The largest absolute Gasteiger partial charge is 0.494 e. The molecule has 0 amide bonds. The van der Waals surface area contributed by atoms with E-state index in [9.17, 15) is 0 Å². The van der Waals surface area contributed by atoms with Gasteiger partial charge < -0.3 is 15.4 Å². The Morgan fingerprint density at radius 2 is 1.96 bits per heavy atom. The van der Waals surface area contributed by atoms with Crippen LogP contribution in [0.15, 0.2) is 34.6 Å². The van der Waals surface area contributed by atoms with Crippen molar-refractivity contribution in [1.82, 2.24) is 15.6 Å². The molecule has 142 valence electrons. The molecule has 0 saturated carbocycles. The number of guanidine groups is 1. The summed E-state index contributed by atoms with van der Waals surface area (Å²) in [6.07, 6.45) is 0. The summed E-state index contributed by atoms with van der Waals surface area (Å²) in [5, 5.41) is 9.92. The molecule has 2 aromatic rings. The van der Waals surface area contributed by atoms with Crippen molar-refractivity contribution in [3.63, 3.8) is 0 Å². The molecule has 2 rings (SSSR count). The lowest BCUT2D eigenvalue weighted by Crippen LogP contribution is -2.36. The molecule has 0 bridgehead atoms. The molecule has 0 unspecified atom stereocenters. The van der Waals surface area contributed by atoms with E-state index in [0.29, 0.717) is 19.7 Å². The number of hydrogen-bond acceptors (Lipinski definition) is 4. The Hall–Kier alpha value is -2.08. The zero-order chi connectivity index (χ0) is 19.0. The van der Waals surface area contributed by atoms with Crippen LogP contribution < -0.4 is 15.4 Å². The third-order valence-corrected chi connectivity index (χ3v) is 4.97. The van der Waals surface area contributed by atoms with Crippen LogP contribution in [0.4, 0.5) is 0 Å². The molecular weight excluding hydrogens is 344 g/mol. The molecule has 0 fully saturated rings. The maximum Gasteiger partial charge on any atom is 0.191 e. The average molecular weight is 375 g/mol. The number of nitrogens with one attached hydrogen (secondary N) is 2. The van der Waals surface area contributed by atoms with Crippen LogP contribution in [0.2, 0.25) is 0 Å². The van der Waals surface area contributed by atoms with Crippen LogP contribution >= 0.6 is 11.3 Å². The van der Waals surface area contributed by atoms with E-state index in [1.54, 1.807) is 11.3 Å². The summed E-state index contributed by atoms with van der Waals surface area (Å²) in [5.74, 6) is 1.67. The summed E-state index contributed by atoms with van der Waals surface area (Å²) in [5.41, 5.74) is 2.21. The number of thiazole rings is 1. The van der Waals surface area contributed by atoms with Crippen molar-refractivity contribution >= 4 is 17.3 Å². The van der Waals surface area contributed by atoms with Crippen LogP contribution in [0.25, 0.3) is 0 Å². The smallest absolute Gasteiger partial charge is 0.191 e. The topological polar surface area (TPSA) is 58.5 Å². The third-order valence-electron chi connectivity index (χ3n) is 3.65. The lowest BCUT2D eigenvalue weighted by Gasteiger charge is -2.14. The standard InChI is InChI=1S/C20H30N4OS/c1-6-21-19(22-12-15-10-8-9-11-17(15)25-7-2)23-13-16-14-26-18(24-16)20(3,4)5/h8-11,14H,6-7,12-13H2,1-5H3,(H2,21,22,23). The van der Waals surface area contributed by atoms with E-state index < -0.39 is 0 Å². The molecule has 0 radical (unpaired) electrons. The molecule has 0 aliphatic rings. The summed E-state index contributed by atoms with van der Waals surface area (Å²) in [7, 11) is 0. The van der Waals surface area contributed by atoms with Crippen molar-refractivity contribution in [3.05, 3.63) is 45.9 Å². The van der Waals surface area contributed by atoms with Gasteiger partial charge >= 0.3 is 0 Å². The first-order valence-corrected chi connectivity index (χ1v) is 9.99. The van der Waals surface area contributed by atoms with Gasteiger partial charge in [0, 0.05) is 22.9 Å². The number of benzene rings is 1. The van der Waals surface area contributed by atoms with Crippen molar-refractivity contribution in [2.24, 2.45) is 4.99 Å². The number of aromatic nitrogens is 1. The van der Waals surface area contributed by atoms with Gasteiger partial charge in [0.25, 0.3) is 0 Å². The lowest BCUT2D eigenvalue weighted by molar-refractivity contribution is 0.336. The van der Waals surface area contributed by atoms with Crippen molar-refractivity contribution in [2.75, 3.05) is 13.2 Å². The van der Waals surface area contributed by atoms with Gasteiger partial charge in [0.2, 0.25) is 0 Å². The number of nitrogens with zero attached hydrogens (tertiary/aromatic N) is 2. The van der Waals surface area contributed by atoms with Crippen molar-refractivity contribution < 1.29 is 4.74 Å². The second-order valence-corrected chi connectivity index (χ2v) is 7.84. The molecule has 26 heavy (non-hydrogen) atoms. The molecule has 0 saturated heterocycles. The maximum absolute atomic E-state index is 5.67. The second kappa shape index (κ2) is 9.57. The summed E-state index contributed by atoms with van der Waals surface area (Å²) in [6.45, 7) is 13.3. The molecule has 6 heteroatoms. The fourth-order valence-corrected chi connectivity index (χ4v) is 3.25. The molecule has 1 aromatic heterocycles. The van der Waals surface area contributed by atoms with Gasteiger partial charge in [-0.15, -0.1) is 11.3 Å². The van der Waals surface area contributed by atoms with E-state index in [0.717, 1.165) is 34.5 Å². The number of ether oxygens (including phenoxy) is 1. The Kier molecular flexibility index (Phi) is 7.45. The summed E-state index contributed by atoms with van der Waals surface area (Å²) in [4.78, 5) is 9.41. The molecule has 0 spiro atoms. The fourth-order valence-electron chi connectivity index (χ4n) is 2.34. The van der Waals surface area contributed by atoms with Gasteiger partial charge in [-0.2, -0.15) is 0 Å². The maximum atomic E-state index is 5.67. The summed E-state index contributed by atoms with van der Waals surface area (Å²) < 4.78 is 5.67. The minimum absolute atomic E-state index is 0.0878. The first kappa shape index (κ1) is 20.2. The summed E-state index contributed by atoms with van der Waals surface area (Å²) in [6, 6.07) is 8.03. The molecule has 1 heterocycles. The van der Waals surface area contributed by atoms with Gasteiger partial charge in [-0.1, -0.05) is 39.0 Å². The molecule has 1 aromatic carbocycles. The van der Waals surface area contributed by atoms with E-state index >= 15 is 0 Å². The Morgan fingerprint density at radius 3 is 2.62 bits per heavy atom. The monoisotopic (exact) mass is 374 g/mol. The van der Waals surface area contributed by atoms with Crippen LogP contribution in [-0.4, -0.2) is 24.1 Å². The zero-order valence-corrected chi connectivity index (χ0v) is 17.2. The Balaban J connectivity index is 2.02. The number of para-hydroxylation sites is 1. The van der Waals surface area contributed by atoms with E-state index in [1.165, 1.54) is 0 Å². The zero-order valence-electron chi connectivity index (χ0n) is 16.4. The average Bonchev–Trinajstić information content (AvgIpc) is 3.08. The lowest BCUT2D eigenvalue weighted by atomic mass is 9.98. The van der Waals surface area contributed by atoms with E-state index in [2.05, 4.69) is 48.7 Å². The Morgan fingerprint density at radius 1 is 1.19 bits per heavy atom. The molecule has 5 nitrogen and oxygen atoms in total. The third kappa shape index (κ3) is 6.02. The first-order valence-electron chi connectivity index (χ1n) is 9.11. The van der Waals surface area contributed by atoms with Crippen LogP contribution in [0, 0.1) is 0 Å². The number of rotatable bonds is 7. The van der Waals surface area contributed by atoms with E-state index in [4.69, 9.17) is 9.72 Å². The van der Waals surface area contributed by atoms with E-state index in [1.807, 2.05) is 31.2 Å². The highest BCUT2D eigenvalue weighted by Gasteiger charge is 2.17. The molecule has 2 N–H and O–H groups in total. The van der Waals surface area contributed by atoms with Gasteiger partial charge in [0.05, 0.1) is 30.4 Å². The first-order chi connectivity index (χ1) is 12.4. The number of hydrogen-bond donors (Lipinski definition) is 2. The van der Waals surface area contributed by atoms with Gasteiger partial charge in [0.15, 0.2) is 5.96 Å². The SMILES string of the molecule is CCNC(=NCc1ccccc1OCC)NCc1csc(C(C)(C)C)n1. The highest BCUT2D eigenvalue weighted by molar-refractivity contribution is 7.09. The van der Waals surface area contributed by atoms with E-state index in [-0.39, 0.29) is 5.41 Å². The molecule has 0 aliphatic heterocycles. The van der Waals surface area contributed by atoms with Gasteiger partial charge in [0.1, 0.15) is 5.75 Å². The normalized spacial score (nSPS) is 12.1. The fraction of sp³-hybridized carbons (Fsp3) is 0.500. The van der Waals surface area contributed by atoms with Gasteiger partial charge in [-0.25, -0.2) is 9.98 Å². The highest BCUT2D eigenvalue weighted by Crippen LogP contribution is 2.25. The predicted molar refractivity (Wildman–Crippen MR) is 110 cm³/mol. The van der Waals surface area contributed by atoms with Crippen molar-refractivity contribution in [1.29, 1.82) is 0 Å². The predicted octanol–water partition coefficient (Wildman–Crippen LogP) is 4.09. The second-order valence-electron chi connectivity index (χ2n) is 6.98. The van der Waals surface area contributed by atoms with Crippen molar-refractivity contribution in [3.8, 4) is 5.75 Å². The van der Waals surface area contributed by atoms with Crippen LogP contribution in [0.3, 0.4) is 0 Å². The Labute approximate surface area is 160 Å². The van der Waals surface area contributed by atoms with Crippen LogP contribution in [0.5, 0.6) is 5.75 Å². The summed E-state index contributed by atoms with van der Waals surface area (Å²) >= 11 is 1.71. The number of aliphatic imine (C=N–C) groups is 1. The minimum atomic E-state index is 0.0878. The molecular formula is C20H30N4OS. The quantitative estimate of drug-likeness (QED) is 0.566. The highest BCUT2D eigenvalue weighted by atomic mass is 32.1. The molecule has 0 atom stereocenters. The Bertz CT molecular complexity index is 719. The van der Waals surface area contributed by atoms with Gasteiger partial charge in [-0.3, -0.25) is 0 Å². The van der Waals surface area contributed by atoms with Crippen LogP contribution in [0.1, 0.15) is 50.9 Å².